The highest BCUT2D eigenvalue weighted by Crippen LogP contribution is 2.04. The van der Waals surface area contributed by atoms with E-state index < -0.39 is 0 Å². The molecule has 18 heavy (non-hydrogen) atoms. The van der Waals surface area contributed by atoms with Gasteiger partial charge < -0.3 is 10.6 Å². The molecule has 6 heteroatoms. The van der Waals surface area contributed by atoms with Gasteiger partial charge >= 0.3 is 0 Å². The molecule has 94 valence electrons. The van der Waals surface area contributed by atoms with Crippen LogP contribution in [0, 0.1) is 0 Å². The Morgan fingerprint density at radius 1 is 1.44 bits per heavy atom. The fourth-order valence-corrected chi connectivity index (χ4v) is 1.53. The van der Waals surface area contributed by atoms with Gasteiger partial charge in [-0.1, -0.05) is 6.07 Å². The lowest BCUT2D eigenvalue weighted by Crippen LogP contribution is -2.34. The number of aliphatic imine (C=N–C) groups is 1. The lowest BCUT2D eigenvalue weighted by atomic mass is 10.3. The molecule has 0 fully saturated rings. The quantitative estimate of drug-likeness (QED) is 0.611. The molecule has 0 spiro atoms. The van der Waals surface area contributed by atoms with E-state index >= 15 is 0 Å². The number of pyridine rings is 1. The van der Waals surface area contributed by atoms with Crippen molar-refractivity contribution < 1.29 is 0 Å². The van der Waals surface area contributed by atoms with Crippen molar-refractivity contribution in [2.24, 2.45) is 4.99 Å². The Labute approximate surface area is 106 Å². The third kappa shape index (κ3) is 2.85. The van der Waals surface area contributed by atoms with Crippen molar-refractivity contribution in [3.8, 4) is 5.82 Å². The smallest absolute Gasteiger partial charge is 0.190 e. The molecule has 0 unspecified atom stereocenters. The van der Waals surface area contributed by atoms with Gasteiger partial charge in [0.2, 0.25) is 0 Å². The maximum Gasteiger partial charge on any atom is 0.190 e. The minimum absolute atomic E-state index is 0.685. The number of nitrogens with zero attached hydrogens (tertiary/aromatic N) is 4. The van der Waals surface area contributed by atoms with Crippen molar-refractivity contribution >= 4 is 5.96 Å². The first-order chi connectivity index (χ1) is 8.83. The highest BCUT2D eigenvalue weighted by atomic mass is 15.1. The SMILES string of the molecule is CN=C(NC)NCc1ccc(-n2ccnc2)nc1. The summed E-state index contributed by atoms with van der Waals surface area (Å²) in [6, 6.07) is 3.99. The van der Waals surface area contributed by atoms with Crippen LogP contribution in [-0.4, -0.2) is 34.6 Å². The average Bonchev–Trinajstić information content (AvgIpc) is 2.94. The largest absolute Gasteiger partial charge is 0.359 e. The van der Waals surface area contributed by atoms with Crippen LogP contribution in [0.25, 0.3) is 5.82 Å². The molecule has 6 nitrogen and oxygen atoms in total. The van der Waals surface area contributed by atoms with E-state index in [0.717, 1.165) is 17.3 Å². The first-order valence-corrected chi connectivity index (χ1v) is 5.65. The molecule has 2 aromatic heterocycles. The zero-order valence-electron chi connectivity index (χ0n) is 10.5. The Bertz CT molecular complexity index is 500. The summed E-state index contributed by atoms with van der Waals surface area (Å²) in [6.45, 7) is 0.685. The fraction of sp³-hybridized carbons (Fsp3) is 0.250. The van der Waals surface area contributed by atoms with E-state index in [4.69, 9.17) is 0 Å². The Balaban J connectivity index is 2.00. The van der Waals surface area contributed by atoms with E-state index in [1.54, 1.807) is 19.6 Å². The number of hydrogen-bond donors (Lipinski definition) is 2. The molecule has 2 N–H and O–H groups in total. The predicted octanol–water partition coefficient (Wildman–Crippen LogP) is 0.562. The maximum atomic E-state index is 4.37. The van der Waals surface area contributed by atoms with Crippen LogP contribution < -0.4 is 10.6 Å². The summed E-state index contributed by atoms with van der Waals surface area (Å²) < 4.78 is 1.86. The lowest BCUT2D eigenvalue weighted by molar-refractivity contribution is 0.856. The van der Waals surface area contributed by atoms with Crippen LogP contribution in [0.1, 0.15) is 5.56 Å². The molecular weight excluding hydrogens is 228 g/mol. The fourth-order valence-electron chi connectivity index (χ4n) is 1.53. The zero-order chi connectivity index (χ0) is 12.8. The number of imidazole rings is 1. The van der Waals surface area contributed by atoms with Crippen molar-refractivity contribution in [3.05, 3.63) is 42.6 Å². The normalized spacial score (nSPS) is 11.3. The summed E-state index contributed by atoms with van der Waals surface area (Å²) in [5, 5.41) is 6.13. The molecule has 0 aliphatic heterocycles. The Hall–Kier alpha value is -2.37. The molecule has 0 radical (unpaired) electrons. The Kier molecular flexibility index (Phi) is 3.90. The highest BCUT2D eigenvalue weighted by molar-refractivity contribution is 5.79. The number of hydrogen-bond acceptors (Lipinski definition) is 3. The van der Waals surface area contributed by atoms with Crippen molar-refractivity contribution in [1.29, 1.82) is 0 Å². The number of aromatic nitrogens is 3. The number of guanidine groups is 1. The molecule has 0 aliphatic rings. The third-order valence-corrected chi connectivity index (χ3v) is 2.50. The monoisotopic (exact) mass is 244 g/mol. The molecule has 0 bridgehead atoms. The van der Waals surface area contributed by atoms with E-state index in [0.29, 0.717) is 6.54 Å². The number of nitrogens with one attached hydrogen (secondary N) is 2. The van der Waals surface area contributed by atoms with E-state index in [2.05, 4.69) is 25.6 Å². The maximum absolute atomic E-state index is 4.37. The van der Waals surface area contributed by atoms with Gasteiger partial charge in [0.25, 0.3) is 0 Å². The second kappa shape index (κ2) is 5.81. The van der Waals surface area contributed by atoms with Crippen LogP contribution in [0.4, 0.5) is 0 Å². The third-order valence-electron chi connectivity index (χ3n) is 2.50. The molecule has 2 aromatic rings. The first kappa shape index (κ1) is 12.1. The van der Waals surface area contributed by atoms with Crippen molar-refractivity contribution in [1.82, 2.24) is 25.2 Å². The van der Waals surface area contributed by atoms with Gasteiger partial charge in [0, 0.05) is 39.2 Å². The van der Waals surface area contributed by atoms with Gasteiger partial charge in [-0.3, -0.25) is 9.56 Å². The summed E-state index contributed by atoms with van der Waals surface area (Å²) >= 11 is 0. The summed E-state index contributed by atoms with van der Waals surface area (Å²) in [5.74, 6) is 1.61. The summed E-state index contributed by atoms with van der Waals surface area (Å²) in [7, 11) is 3.56. The summed E-state index contributed by atoms with van der Waals surface area (Å²) in [6.07, 6.45) is 7.16. The van der Waals surface area contributed by atoms with E-state index in [1.807, 2.05) is 36.1 Å². The highest BCUT2D eigenvalue weighted by Gasteiger charge is 1.99. The van der Waals surface area contributed by atoms with Gasteiger partial charge in [-0.25, -0.2) is 9.97 Å². The van der Waals surface area contributed by atoms with Crippen LogP contribution in [0.15, 0.2) is 42.0 Å². The summed E-state index contributed by atoms with van der Waals surface area (Å²) in [5.41, 5.74) is 1.09. The van der Waals surface area contributed by atoms with Crippen LogP contribution in [0.2, 0.25) is 0 Å². The van der Waals surface area contributed by atoms with Gasteiger partial charge in [-0.2, -0.15) is 0 Å². The molecule has 2 heterocycles. The van der Waals surface area contributed by atoms with Gasteiger partial charge in [0.05, 0.1) is 0 Å². The molecular formula is C12H16N6. The Morgan fingerprint density at radius 3 is 2.89 bits per heavy atom. The molecule has 0 atom stereocenters. The molecule has 0 aliphatic carbocycles. The summed E-state index contributed by atoms with van der Waals surface area (Å²) in [4.78, 5) is 12.4. The van der Waals surface area contributed by atoms with E-state index in [9.17, 15) is 0 Å². The second-order valence-electron chi connectivity index (χ2n) is 3.67. The van der Waals surface area contributed by atoms with Crippen molar-refractivity contribution in [2.45, 2.75) is 6.54 Å². The standard InChI is InChI=1S/C12H16N6/c1-13-12(14-2)17-8-10-3-4-11(16-7-10)18-6-5-15-9-18/h3-7,9H,8H2,1-2H3,(H2,13,14,17). The van der Waals surface area contributed by atoms with Gasteiger partial charge in [0.1, 0.15) is 12.1 Å². The van der Waals surface area contributed by atoms with Crippen LogP contribution in [0.5, 0.6) is 0 Å². The minimum atomic E-state index is 0.685. The Morgan fingerprint density at radius 2 is 2.33 bits per heavy atom. The molecule has 2 rings (SSSR count). The van der Waals surface area contributed by atoms with Crippen LogP contribution >= 0.6 is 0 Å². The molecule has 0 amide bonds. The van der Waals surface area contributed by atoms with Gasteiger partial charge in [-0.05, 0) is 11.6 Å². The molecule has 0 saturated heterocycles. The van der Waals surface area contributed by atoms with Gasteiger partial charge in [-0.15, -0.1) is 0 Å². The average molecular weight is 244 g/mol. The van der Waals surface area contributed by atoms with Crippen LogP contribution in [-0.2, 0) is 6.54 Å². The molecule has 0 aromatic carbocycles. The van der Waals surface area contributed by atoms with Crippen molar-refractivity contribution in [3.63, 3.8) is 0 Å². The van der Waals surface area contributed by atoms with E-state index in [-0.39, 0.29) is 0 Å². The van der Waals surface area contributed by atoms with Gasteiger partial charge in [0.15, 0.2) is 5.96 Å². The second-order valence-corrected chi connectivity index (χ2v) is 3.67. The molecule has 0 saturated carbocycles. The lowest BCUT2D eigenvalue weighted by Gasteiger charge is -2.08. The number of rotatable bonds is 3. The van der Waals surface area contributed by atoms with Crippen LogP contribution in [0.3, 0.4) is 0 Å². The van der Waals surface area contributed by atoms with E-state index in [1.165, 1.54) is 0 Å². The topological polar surface area (TPSA) is 67.1 Å². The van der Waals surface area contributed by atoms with Crippen molar-refractivity contribution in [2.75, 3.05) is 14.1 Å². The predicted molar refractivity (Wildman–Crippen MR) is 70.6 cm³/mol. The zero-order valence-corrected chi connectivity index (χ0v) is 10.5. The minimum Gasteiger partial charge on any atom is -0.359 e. The first-order valence-electron chi connectivity index (χ1n) is 5.65.